The number of fused-ring (bicyclic) bond motifs is 1. The van der Waals surface area contributed by atoms with Crippen molar-refractivity contribution in [1.29, 1.82) is 0 Å². The number of aliphatic hydroxyl groups excluding tert-OH is 2. The Morgan fingerprint density at radius 3 is 2.64 bits per heavy atom. The van der Waals surface area contributed by atoms with E-state index in [2.05, 4.69) is 20.4 Å². The van der Waals surface area contributed by atoms with Crippen LogP contribution in [0.3, 0.4) is 0 Å². The number of aryl methyl sites for hydroxylation is 1. The molecule has 0 aliphatic heterocycles. The summed E-state index contributed by atoms with van der Waals surface area (Å²) in [5.74, 6) is 0.460. The average molecular weight is 346 g/mol. The Kier molecular flexibility index (Phi) is 5.05. The van der Waals surface area contributed by atoms with Crippen LogP contribution in [0.25, 0.3) is 11.0 Å². The molecule has 3 aromatic rings. The van der Waals surface area contributed by atoms with E-state index in [9.17, 15) is 14.6 Å². The topological polar surface area (TPSA) is 99.3 Å². The molecule has 0 saturated carbocycles. The highest BCUT2D eigenvalue weighted by Crippen LogP contribution is 2.26. The van der Waals surface area contributed by atoms with Crippen LogP contribution >= 0.6 is 0 Å². The van der Waals surface area contributed by atoms with Crippen molar-refractivity contribution in [2.24, 2.45) is 7.05 Å². The molecule has 2 heterocycles. The highest BCUT2D eigenvalue weighted by molar-refractivity contribution is 5.89. The quantitative estimate of drug-likeness (QED) is 0.588. The molecule has 3 rings (SSSR count). The first-order chi connectivity index (χ1) is 12.1. The van der Waals surface area contributed by atoms with Gasteiger partial charge in [0.15, 0.2) is 5.65 Å². The molecule has 0 aliphatic carbocycles. The lowest BCUT2D eigenvalue weighted by Crippen LogP contribution is -2.31. The Hall–Kier alpha value is -2.78. The molecule has 0 fully saturated rings. The minimum atomic E-state index is -0.358. The summed E-state index contributed by atoms with van der Waals surface area (Å²) >= 11 is 0. The summed E-state index contributed by atoms with van der Waals surface area (Å²) in [7, 11) is 1.76. The normalized spacial score (nSPS) is 11.0. The van der Waals surface area contributed by atoms with E-state index >= 15 is 0 Å². The van der Waals surface area contributed by atoms with Crippen LogP contribution in [-0.4, -0.2) is 56.3 Å². The Morgan fingerprint density at radius 1 is 1.20 bits per heavy atom. The molecule has 0 amide bonds. The standard InChI is InChI=1S/C16H19FN6O2/c1-22-15-13(10-18-22)14(19-12-4-2-3-11(17)9-12)20-16(21-15)23(5-7-24)6-8-25/h2-4,9-10,24-25H,5-8H2,1H3,(H,19,20,21). The van der Waals surface area contributed by atoms with Gasteiger partial charge in [0.25, 0.3) is 0 Å². The van der Waals surface area contributed by atoms with Crippen molar-refractivity contribution in [3.8, 4) is 0 Å². The van der Waals surface area contributed by atoms with Crippen LogP contribution < -0.4 is 10.2 Å². The first kappa shape index (κ1) is 17.1. The molecule has 0 spiro atoms. The van der Waals surface area contributed by atoms with Gasteiger partial charge in [-0.3, -0.25) is 4.68 Å². The maximum absolute atomic E-state index is 13.4. The van der Waals surface area contributed by atoms with Crippen LogP contribution in [0.5, 0.6) is 0 Å². The maximum Gasteiger partial charge on any atom is 0.229 e. The summed E-state index contributed by atoms with van der Waals surface area (Å²) in [6.45, 7) is 0.367. The first-order valence-corrected chi connectivity index (χ1v) is 7.81. The lowest BCUT2D eigenvalue weighted by atomic mass is 10.3. The fourth-order valence-electron chi connectivity index (χ4n) is 2.50. The van der Waals surface area contributed by atoms with Gasteiger partial charge in [-0.15, -0.1) is 0 Å². The van der Waals surface area contributed by atoms with E-state index in [-0.39, 0.29) is 32.1 Å². The van der Waals surface area contributed by atoms with Crippen molar-refractivity contribution in [1.82, 2.24) is 19.7 Å². The highest BCUT2D eigenvalue weighted by atomic mass is 19.1. The number of nitrogens with one attached hydrogen (secondary N) is 1. The van der Waals surface area contributed by atoms with Gasteiger partial charge >= 0.3 is 0 Å². The van der Waals surface area contributed by atoms with Gasteiger partial charge in [0, 0.05) is 25.8 Å². The Bertz CT molecular complexity index is 863. The number of aliphatic hydroxyl groups is 2. The molecule has 9 heteroatoms. The van der Waals surface area contributed by atoms with Crippen molar-refractivity contribution in [2.45, 2.75) is 0 Å². The van der Waals surface area contributed by atoms with Gasteiger partial charge in [-0.05, 0) is 18.2 Å². The molecule has 0 saturated heterocycles. The van der Waals surface area contributed by atoms with Crippen LogP contribution in [0.15, 0.2) is 30.5 Å². The molecular formula is C16H19FN6O2. The minimum Gasteiger partial charge on any atom is -0.395 e. The van der Waals surface area contributed by atoms with Gasteiger partial charge in [-0.2, -0.15) is 15.1 Å². The van der Waals surface area contributed by atoms with Crippen molar-refractivity contribution < 1.29 is 14.6 Å². The second-order valence-corrected chi connectivity index (χ2v) is 5.45. The number of anilines is 3. The van der Waals surface area contributed by atoms with E-state index < -0.39 is 0 Å². The minimum absolute atomic E-state index is 0.0978. The largest absolute Gasteiger partial charge is 0.395 e. The van der Waals surface area contributed by atoms with Gasteiger partial charge in [0.05, 0.1) is 24.8 Å². The second-order valence-electron chi connectivity index (χ2n) is 5.45. The summed E-state index contributed by atoms with van der Waals surface area (Å²) in [5, 5.41) is 26.4. The lowest BCUT2D eigenvalue weighted by Gasteiger charge is -2.21. The third-order valence-electron chi connectivity index (χ3n) is 3.69. The molecule has 8 nitrogen and oxygen atoms in total. The van der Waals surface area contributed by atoms with Gasteiger partial charge in [-0.25, -0.2) is 4.39 Å². The SMILES string of the molecule is Cn1ncc2c(Nc3cccc(F)c3)nc(N(CCO)CCO)nc21. The number of hydrogen-bond donors (Lipinski definition) is 3. The zero-order valence-electron chi connectivity index (χ0n) is 13.7. The second kappa shape index (κ2) is 7.41. The molecule has 1 aromatic carbocycles. The van der Waals surface area contributed by atoms with Crippen molar-refractivity contribution in [2.75, 3.05) is 36.5 Å². The molecule has 2 aromatic heterocycles. The van der Waals surface area contributed by atoms with Crippen LogP contribution in [-0.2, 0) is 7.05 Å². The number of aromatic nitrogens is 4. The highest BCUT2D eigenvalue weighted by Gasteiger charge is 2.16. The summed E-state index contributed by atoms with van der Waals surface area (Å²) in [4.78, 5) is 10.6. The predicted molar refractivity (Wildman–Crippen MR) is 92.4 cm³/mol. The monoisotopic (exact) mass is 346 g/mol. The third kappa shape index (κ3) is 3.67. The van der Waals surface area contributed by atoms with E-state index in [0.717, 1.165) is 0 Å². The first-order valence-electron chi connectivity index (χ1n) is 7.81. The van der Waals surface area contributed by atoms with E-state index in [1.165, 1.54) is 12.1 Å². The number of halogens is 1. The van der Waals surface area contributed by atoms with Gasteiger partial charge < -0.3 is 20.4 Å². The molecular weight excluding hydrogens is 327 g/mol. The summed E-state index contributed by atoms with van der Waals surface area (Å²) in [6, 6.07) is 6.06. The molecule has 0 unspecified atom stereocenters. The summed E-state index contributed by atoms with van der Waals surface area (Å²) in [5.41, 5.74) is 1.13. The molecule has 0 atom stereocenters. The van der Waals surface area contributed by atoms with Crippen LogP contribution in [0, 0.1) is 5.82 Å². The molecule has 132 valence electrons. The van der Waals surface area contributed by atoms with E-state index in [1.807, 2.05) is 0 Å². The van der Waals surface area contributed by atoms with Crippen LogP contribution in [0.2, 0.25) is 0 Å². The molecule has 0 radical (unpaired) electrons. The van der Waals surface area contributed by atoms with E-state index in [4.69, 9.17) is 0 Å². The van der Waals surface area contributed by atoms with Crippen LogP contribution in [0.4, 0.5) is 21.8 Å². The average Bonchev–Trinajstić information content (AvgIpc) is 2.96. The summed E-state index contributed by atoms with van der Waals surface area (Å²) < 4.78 is 15.0. The fraction of sp³-hybridized carbons (Fsp3) is 0.312. The van der Waals surface area contributed by atoms with E-state index in [0.29, 0.717) is 28.5 Å². The van der Waals surface area contributed by atoms with Crippen molar-refractivity contribution in [3.05, 3.63) is 36.3 Å². The Balaban J connectivity index is 2.06. The molecule has 3 N–H and O–H groups in total. The fourth-order valence-corrected chi connectivity index (χ4v) is 2.50. The number of hydrogen-bond acceptors (Lipinski definition) is 7. The number of nitrogens with zero attached hydrogens (tertiary/aromatic N) is 5. The van der Waals surface area contributed by atoms with Gasteiger partial charge in [-0.1, -0.05) is 6.07 Å². The Labute approximate surface area is 143 Å². The third-order valence-corrected chi connectivity index (χ3v) is 3.69. The summed E-state index contributed by atoms with van der Waals surface area (Å²) in [6.07, 6.45) is 1.63. The van der Waals surface area contributed by atoms with Crippen molar-refractivity contribution in [3.63, 3.8) is 0 Å². The number of rotatable bonds is 7. The smallest absolute Gasteiger partial charge is 0.229 e. The van der Waals surface area contributed by atoms with Gasteiger partial charge in [0.2, 0.25) is 5.95 Å². The van der Waals surface area contributed by atoms with Crippen molar-refractivity contribution >= 4 is 28.5 Å². The van der Waals surface area contributed by atoms with Crippen LogP contribution in [0.1, 0.15) is 0 Å². The zero-order chi connectivity index (χ0) is 17.8. The predicted octanol–water partition coefficient (Wildman–Crippen LogP) is 1.04. The molecule has 0 aliphatic rings. The zero-order valence-corrected chi connectivity index (χ0v) is 13.7. The van der Waals surface area contributed by atoms with E-state index in [1.54, 1.807) is 35.0 Å². The maximum atomic E-state index is 13.4. The number of benzene rings is 1. The molecule has 0 bridgehead atoms. The Morgan fingerprint density at radius 2 is 1.96 bits per heavy atom. The van der Waals surface area contributed by atoms with Gasteiger partial charge in [0.1, 0.15) is 11.6 Å². The molecule has 25 heavy (non-hydrogen) atoms. The lowest BCUT2D eigenvalue weighted by molar-refractivity contribution is 0.280.